The number of anilines is 1. The Bertz CT molecular complexity index is 674. The number of rotatable bonds is 6. The lowest BCUT2D eigenvalue weighted by Crippen LogP contribution is -2.39. The lowest BCUT2D eigenvalue weighted by molar-refractivity contribution is 0.315. The Kier molecular flexibility index (Phi) is 4.34. The van der Waals surface area contributed by atoms with Gasteiger partial charge in [-0.25, -0.2) is 9.97 Å². The van der Waals surface area contributed by atoms with Gasteiger partial charge in [0.15, 0.2) is 0 Å². The third kappa shape index (κ3) is 3.22. The van der Waals surface area contributed by atoms with Gasteiger partial charge >= 0.3 is 0 Å². The molecule has 4 rings (SSSR count). The summed E-state index contributed by atoms with van der Waals surface area (Å²) in [6.45, 7) is 3.15. The predicted octanol–water partition coefficient (Wildman–Crippen LogP) is 2.73. The SMILES string of the molecule is COc1ccccc1CN1CCC(N(c2ccncn2)C2CC2)C1. The van der Waals surface area contributed by atoms with Crippen LogP contribution in [0.25, 0.3) is 0 Å². The monoisotopic (exact) mass is 324 g/mol. The Morgan fingerprint density at radius 3 is 2.79 bits per heavy atom. The van der Waals surface area contributed by atoms with Crippen LogP contribution in [0.4, 0.5) is 5.82 Å². The van der Waals surface area contributed by atoms with Crippen LogP contribution in [-0.4, -0.2) is 47.2 Å². The zero-order valence-electron chi connectivity index (χ0n) is 14.1. The highest BCUT2D eigenvalue weighted by Crippen LogP contribution is 2.35. The molecule has 1 aromatic heterocycles. The largest absolute Gasteiger partial charge is 0.496 e. The number of hydrogen-bond donors (Lipinski definition) is 0. The van der Waals surface area contributed by atoms with E-state index in [9.17, 15) is 0 Å². The summed E-state index contributed by atoms with van der Waals surface area (Å²) in [5, 5.41) is 0. The van der Waals surface area contributed by atoms with Gasteiger partial charge in [-0.1, -0.05) is 18.2 Å². The fourth-order valence-corrected chi connectivity index (χ4v) is 3.72. The smallest absolute Gasteiger partial charge is 0.132 e. The molecule has 1 saturated heterocycles. The van der Waals surface area contributed by atoms with Crippen LogP contribution in [0.5, 0.6) is 5.75 Å². The fourth-order valence-electron chi connectivity index (χ4n) is 3.72. The van der Waals surface area contributed by atoms with Gasteiger partial charge in [-0.2, -0.15) is 0 Å². The van der Waals surface area contributed by atoms with Crippen LogP contribution in [0, 0.1) is 0 Å². The summed E-state index contributed by atoms with van der Waals surface area (Å²) in [6.07, 6.45) is 7.27. The van der Waals surface area contributed by atoms with Gasteiger partial charge in [0.2, 0.25) is 0 Å². The van der Waals surface area contributed by atoms with Crippen LogP contribution >= 0.6 is 0 Å². The number of nitrogens with zero attached hydrogens (tertiary/aromatic N) is 4. The van der Waals surface area contributed by atoms with E-state index >= 15 is 0 Å². The fraction of sp³-hybridized carbons (Fsp3) is 0.474. The van der Waals surface area contributed by atoms with E-state index in [-0.39, 0.29) is 0 Å². The first-order valence-electron chi connectivity index (χ1n) is 8.74. The topological polar surface area (TPSA) is 41.5 Å². The number of hydrogen-bond acceptors (Lipinski definition) is 5. The minimum Gasteiger partial charge on any atom is -0.496 e. The lowest BCUT2D eigenvalue weighted by Gasteiger charge is -2.30. The molecule has 2 aliphatic rings. The second kappa shape index (κ2) is 6.77. The maximum atomic E-state index is 5.49. The van der Waals surface area contributed by atoms with Gasteiger partial charge in [-0.3, -0.25) is 4.90 Å². The van der Waals surface area contributed by atoms with E-state index < -0.39 is 0 Å². The van der Waals surface area contributed by atoms with Crippen molar-refractivity contribution in [3.05, 3.63) is 48.4 Å². The van der Waals surface area contributed by atoms with Crippen molar-refractivity contribution in [2.45, 2.75) is 37.9 Å². The summed E-state index contributed by atoms with van der Waals surface area (Å²) in [6, 6.07) is 11.6. The molecule has 24 heavy (non-hydrogen) atoms. The molecule has 0 N–H and O–H groups in total. The van der Waals surface area contributed by atoms with Crippen molar-refractivity contribution in [2.24, 2.45) is 0 Å². The van der Waals surface area contributed by atoms with Crippen LogP contribution in [0.15, 0.2) is 42.9 Å². The molecule has 126 valence electrons. The van der Waals surface area contributed by atoms with E-state index in [0.717, 1.165) is 31.2 Å². The first kappa shape index (κ1) is 15.4. The second-order valence-corrected chi connectivity index (χ2v) is 6.70. The molecule has 1 aliphatic heterocycles. The maximum Gasteiger partial charge on any atom is 0.132 e. The first-order valence-corrected chi connectivity index (χ1v) is 8.74. The molecule has 5 nitrogen and oxygen atoms in total. The standard InChI is InChI=1S/C19H24N4O/c1-24-18-5-3-2-4-15(18)12-22-11-9-17(13-22)23(16-6-7-16)19-8-10-20-14-21-19/h2-5,8,10,14,16-17H,6-7,9,11-13H2,1H3. The van der Waals surface area contributed by atoms with Crippen LogP contribution in [-0.2, 0) is 6.54 Å². The summed E-state index contributed by atoms with van der Waals surface area (Å²) in [5.41, 5.74) is 1.26. The number of methoxy groups -OCH3 is 1. The highest BCUT2D eigenvalue weighted by molar-refractivity contribution is 5.42. The number of ether oxygens (including phenoxy) is 1. The summed E-state index contributed by atoms with van der Waals surface area (Å²) in [4.78, 5) is 13.6. The van der Waals surface area contributed by atoms with Gasteiger partial charge in [0.05, 0.1) is 7.11 Å². The zero-order chi connectivity index (χ0) is 16.4. The molecule has 0 radical (unpaired) electrons. The van der Waals surface area contributed by atoms with Crippen molar-refractivity contribution in [2.75, 3.05) is 25.1 Å². The van der Waals surface area contributed by atoms with E-state index in [2.05, 4.69) is 31.9 Å². The molecule has 0 amide bonds. The van der Waals surface area contributed by atoms with E-state index in [4.69, 9.17) is 4.74 Å². The zero-order valence-corrected chi connectivity index (χ0v) is 14.1. The average molecular weight is 324 g/mol. The summed E-state index contributed by atoms with van der Waals surface area (Å²) in [5.74, 6) is 2.06. The maximum absolute atomic E-state index is 5.49. The molecule has 2 fully saturated rings. The highest BCUT2D eigenvalue weighted by Gasteiger charge is 2.38. The molecule has 1 atom stereocenters. The first-order chi connectivity index (χ1) is 11.8. The summed E-state index contributed by atoms with van der Waals surface area (Å²) in [7, 11) is 1.75. The molecule has 0 bridgehead atoms. The van der Waals surface area contributed by atoms with E-state index in [1.54, 1.807) is 13.4 Å². The van der Waals surface area contributed by atoms with Crippen LogP contribution < -0.4 is 9.64 Å². The van der Waals surface area contributed by atoms with Gasteiger partial charge in [-0.05, 0) is 31.4 Å². The molecule has 0 spiro atoms. The molecule has 5 heteroatoms. The Labute approximate surface area is 143 Å². The average Bonchev–Trinajstić information content (AvgIpc) is 3.36. The van der Waals surface area contributed by atoms with Crippen LogP contribution in [0.1, 0.15) is 24.8 Å². The Hall–Kier alpha value is -2.14. The molecule has 2 aromatic rings. The van der Waals surface area contributed by atoms with E-state index in [1.165, 1.54) is 24.8 Å². The van der Waals surface area contributed by atoms with Crippen molar-refractivity contribution in [3.63, 3.8) is 0 Å². The van der Waals surface area contributed by atoms with E-state index in [0.29, 0.717) is 12.1 Å². The van der Waals surface area contributed by atoms with Crippen molar-refractivity contribution in [1.82, 2.24) is 14.9 Å². The Morgan fingerprint density at radius 2 is 2.04 bits per heavy atom. The third-order valence-corrected chi connectivity index (χ3v) is 5.00. The van der Waals surface area contributed by atoms with Crippen molar-refractivity contribution in [1.29, 1.82) is 0 Å². The third-order valence-electron chi connectivity index (χ3n) is 5.00. The quantitative estimate of drug-likeness (QED) is 0.817. The second-order valence-electron chi connectivity index (χ2n) is 6.70. The van der Waals surface area contributed by atoms with Crippen molar-refractivity contribution >= 4 is 5.82 Å². The molecular weight excluding hydrogens is 300 g/mol. The number of likely N-dealkylation sites (tertiary alicyclic amines) is 1. The molecule has 2 heterocycles. The Morgan fingerprint density at radius 1 is 1.17 bits per heavy atom. The minimum absolute atomic E-state index is 0.544. The number of benzene rings is 1. The normalized spacial score (nSPS) is 21.0. The minimum atomic E-state index is 0.544. The number of aromatic nitrogens is 2. The number of para-hydroxylation sites is 1. The molecule has 1 aromatic carbocycles. The van der Waals surface area contributed by atoms with Crippen molar-refractivity contribution in [3.8, 4) is 5.75 Å². The predicted molar refractivity (Wildman–Crippen MR) is 94.2 cm³/mol. The Balaban J connectivity index is 1.45. The van der Waals surface area contributed by atoms with Crippen molar-refractivity contribution < 1.29 is 4.74 Å². The highest BCUT2D eigenvalue weighted by atomic mass is 16.5. The molecule has 1 aliphatic carbocycles. The summed E-state index contributed by atoms with van der Waals surface area (Å²) < 4.78 is 5.49. The van der Waals surface area contributed by atoms with Gasteiger partial charge < -0.3 is 9.64 Å². The van der Waals surface area contributed by atoms with Crippen LogP contribution in [0.3, 0.4) is 0 Å². The molecular formula is C19H24N4O. The summed E-state index contributed by atoms with van der Waals surface area (Å²) >= 11 is 0. The molecule has 1 saturated carbocycles. The van der Waals surface area contributed by atoms with E-state index in [1.807, 2.05) is 24.4 Å². The lowest BCUT2D eigenvalue weighted by atomic mass is 10.2. The van der Waals surface area contributed by atoms with Gasteiger partial charge in [-0.15, -0.1) is 0 Å². The van der Waals surface area contributed by atoms with Gasteiger partial charge in [0, 0.05) is 43.5 Å². The van der Waals surface area contributed by atoms with Gasteiger partial charge in [0.25, 0.3) is 0 Å². The molecule has 1 unspecified atom stereocenters. The van der Waals surface area contributed by atoms with Gasteiger partial charge in [0.1, 0.15) is 17.9 Å². The van der Waals surface area contributed by atoms with Crippen LogP contribution in [0.2, 0.25) is 0 Å².